The Morgan fingerprint density at radius 1 is 1.26 bits per heavy atom. The molecule has 0 fully saturated rings. The molecule has 2 aromatic rings. The van der Waals surface area contributed by atoms with E-state index in [-0.39, 0.29) is 34.3 Å². The smallest absolute Gasteiger partial charge is 0.247 e. The minimum atomic E-state index is -3.66. The second-order valence-electron chi connectivity index (χ2n) is 5.45. The molecule has 0 aliphatic rings. The Bertz CT molecular complexity index is 857. The number of aliphatic imine (C=N–C) groups is 1. The van der Waals surface area contributed by atoms with Crippen LogP contribution in [0.4, 0.5) is 0 Å². The van der Waals surface area contributed by atoms with E-state index in [4.69, 9.17) is 21.5 Å². The lowest BCUT2D eigenvalue weighted by Gasteiger charge is -2.17. The van der Waals surface area contributed by atoms with Gasteiger partial charge >= 0.3 is 0 Å². The van der Waals surface area contributed by atoms with Crippen LogP contribution >= 0.6 is 46.9 Å². The molecule has 1 aromatic heterocycles. The first kappa shape index (κ1) is 24.0. The van der Waals surface area contributed by atoms with Gasteiger partial charge in [0.1, 0.15) is 16.1 Å². The van der Waals surface area contributed by atoms with E-state index in [1.165, 1.54) is 6.07 Å². The highest BCUT2D eigenvalue weighted by Crippen LogP contribution is 2.20. The molecule has 2 rings (SSSR count). The molecule has 1 heterocycles. The number of sulfonamides is 1. The quantitative estimate of drug-likeness (QED) is 0.282. The Morgan fingerprint density at radius 2 is 1.93 bits per heavy atom. The summed E-state index contributed by atoms with van der Waals surface area (Å²) >= 11 is 6.98. The Morgan fingerprint density at radius 3 is 2.48 bits per heavy atom. The molecule has 0 saturated carbocycles. The first-order valence-electron chi connectivity index (χ1n) is 7.76. The lowest BCUT2D eigenvalue weighted by atomic mass is 10.3. The second-order valence-corrected chi connectivity index (χ2v) is 8.85. The lowest BCUT2D eigenvalue weighted by Crippen LogP contribution is -2.41. The van der Waals surface area contributed by atoms with Gasteiger partial charge in [-0.25, -0.2) is 13.6 Å². The maximum absolute atomic E-state index is 11.3. The molecule has 0 saturated heterocycles. The molecule has 150 valence electrons. The number of rotatable bonds is 7. The second kappa shape index (κ2) is 11.1. The predicted octanol–water partition coefficient (Wildman–Crippen LogP) is 2.80. The highest BCUT2D eigenvalue weighted by Gasteiger charge is 2.11. The van der Waals surface area contributed by atoms with E-state index in [1.807, 2.05) is 19.1 Å². The SMILES string of the molecule is CN=C(NCc1ccc(S(N)(=O)=O)s1)NCC(C)Oc1ccc(Cl)cc1.I. The molecule has 0 aliphatic carbocycles. The summed E-state index contributed by atoms with van der Waals surface area (Å²) in [4.78, 5) is 4.97. The molecule has 1 atom stereocenters. The summed E-state index contributed by atoms with van der Waals surface area (Å²) in [7, 11) is -2.00. The third-order valence-electron chi connectivity index (χ3n) is 3.28. The third-order valence-corrected chi connectivity index (χ3v) is 6.05. The molecule has 0 radical (unpaired) electrons. The number of nitrogens with zero attached hydrogens (tertiary/aromatic N) is 1. The summed E-state index contributed by atoms with van der Waals surface area (Å²) in [5.41, 5.74) is 0. The number of guanidine groups is 1. The van der Waals surface area contributed by atoms with E-state index in [2.05, 4.69) is 15.6 Å². The van der Waals surface area contributed by atoms with E-state index in [1.54, 1.807) is 25.2 Å². The number of primary sulfonamides is 1. The topological polar surface area (TPSA) is 106 Å². The Balaban J connectivity index is 0.00000364. The van der Waals surface area contributed by atoms with Gasteiger partial charge in [-0.15, -0.1) is 35.3 Å². The van der Waals surface area contributed by atoms with Crippen LogP contribution in [0.25, 0.3) is 0 Å². The Kier molecular flexibility index (Phi) is 9.81. The number of ether oxygens (including phenoxy) is 1. The van der Waals surface area contributed by atoms with Gasteiger partial charge in [0.25, 0.3) is 0 Å². The lowest BCUT2D eigenvalue weighted by molar-refractivity contribution is 0.224. The normalized spacial score (nSPS) is 12.8. The van der Waals surface area contributed by atoms with E-state index in [9.17, 15) is 8.42 Å². The monoisotopic (exact) mass is 544 g/mol. The number of nitrogens with two attached hydrogens (primary N) is 1. The first-order chi connectivity index (χ1) is 12.3. The number of halogens is 2. The van der Waals surface area contributed by atoms with Gasteiger partial charge in [-0.3, -0.25) is 4.99 Å². The fourth-order valence-corrected chi connectivity index (χ4v) is 3.87. The predicted molar refractivity (Wildman–Crippen MR) is 121 cm³/mol. The summed E-state index contributed by atoms with van der Waals surface area (Å²) in [6, 6.07) is 10.4. The summed E-state index contributed by atoms with van der Waals surface area (Å²) in [6.45, 7) is 2.91. The molecule has 1 unspecified atom stereocenters. The zero-order valence-electron chi connectivity index (χ0n) is 14.8. The molecular weight excluding hydrogens is 523 g/mol. The first-order valence-corrected chi connectivity index (χ1v) is 10.5. The minimum absolute atomic E-state index is 0. The van der Waals surface area contributed by atoms with Crippen molar-refractivity contribution in [1.29, 1.82) is 0 Å². The van der Waals surface area contributed by atoms with Crippen LogP contribution < -0.4 is 20.5 Å². The van der Waals surface area contributed by atoms with Crippen molar-refractivity contribution in [2.75, 3.05) is 13.6 Å². The fourth-order valence-electron chi connectivity index (χ4n) is 2.03. The van der Waals surface area contributed by atoms with Crippen LogP contribution in [0, 0.1) is 0 Å². The average molecular weight is 545 g/mol. The summed E-state index contributed by atoms with van der Waals surface area (Å²) in [5, 5.41) is 12.0. The van der Waals surface area contributed by atoms with E-state index < -0.39 is 10.0 Å². The molecule has 0 aliphatic heterocycles. The van der Waals surface area contributed by atoms with Gasteiger partial charge < -0.3 is 15.4 Å². The maximum atomic E-state index is 11.3. The Hall–Kier alpha value is -1.08. The number of hydrogen-bond donors (Lipinski definition) is 3. The van der Waals surface area contributed by atoms with Crippen LogP contribution in [0.5, 0.6) is 5.75 Å². The summed E-state index contributed by atoms with van der Waals surface area (Å²) < 4.78 is 28.5. The number of hydrogen-bond acceptors (Lipinski definition) is 5. The van der Waals surface area contributed by atoms with Gasteiger partial charge in [0, 0.05) is 16.9 Å². The number of benzene rings is 1. The van der Waals surface area contributed by atoms with Crippen molar-refractivity contribution in [2.45, 2.75) is 23.8 Å². The summed E-state index contributed by atoms with van der Waals surface area (Å²) in [6.07, 6.45) is -0.0922. The molecular formula is C16H22ClIN4O3S2. The van der Waals surface area contributed by atoms with Crippen molar-refractivity contribution in [3.63, 3.8) is 0 Å². The molecule has 11 heteroatoms. The van der Waals surface area contributed by atoms with Crippen LogP contribution in [0.15, 0.2) is 45.6 Å². The molecule has 1 aromatic carbocycles. The van der Waals surface area contributed by atoms with E-state index in [0.717, 1.165) is 22.0 Å². The van der Waals surface area contributed by atoms with E-state index in [0.29, 0.717) is 24.1 Å². The van der Waals surface area contributed by atoms with Crippen LogP contribution in [0.1, 0.15) is 11.8 Å². The van der Waals surface area contributed by atoms with Crippen molar-refractivity contribution in [3.8, 4) is 5.75 Å². The molecule has 0 bridgehead atoms. The van der Waals surface area contributed by atoms with Crippen molar-refractivity contribution in [3.05, 3.63) is 46.3 Å². The van der Waals surface area contributed by atoms with Crippen LogP contribution in [-0.2, 0) is 16.6 Å². The van der Waals surface area contributed by atoms with Crippen molar-refractivity contribution >= 4 is 62.9 Å². The molecule has 7 nitrogen and oxygen atoms in total. The highest BCUT2D eigenvalue weighted by atomic mass is 127. The van der Waals surface area contributed by atoms with Crippen LogP contribution in [0.2, 0.25) is 5.02 Å². The van der Waals surface area contributed by atoms with Gasteiger partial charge in [-0.1, -0.05) is 11.6 Å². The van der Waals surface area contributed by atoms with Gasteiger partial charge in [-0.05, 0) is 43.3 Å². The van der Waals surface area contributed by atoms with Gasteiger partial charge in [-0.2, -0.15) is 0 Å². The highest BCUT2D eigenvalue weighted by molar-refractivity contribution is 14.0. The zero-order chi connectivity index (χ0) is 19.2. The van der Waals surface area contributed by atoms with Gasteiger partial charge in [0.05, 0.1) is 13.1 Å². The van der Waals surface area contributed by atoms with Crippen molar-refractivity contribution in [1.82, 2.24) is 10.6 Å². The zero-order valence-corrected chi connectivity index (χ0v) is 19.5. The summed E-state index contributed by atoms with van der Waals surface area (Å²) in [5.74, 6) is 1.32. The molecule has 0 spiro atoms. The fraction of sp³-hybridized carbons (Fsp3) is 0.312. The number of thiophene rings is 1. The number of nitrogens with one attached hydrogen (secondary N) is 2. The minimum Gasteiger partial charge on any atom is -0.489 e. The van der Waals surface area contributed by atoms with Gasteiger partial charge in [0.15, 0.2) is 5.96 Å². The molecule has 0 amide bonds. The van der Waals surface area contributed by atoms with Crippen LogP contribution in [-0.4, -0.2) is 34.1 Å². The third kappa shape index (κ3) is 8.21. The average Bonchev–Trinajstić information content (AvgIpc) is 3.06. The maximum Gasteiger partial charge on any atom is 0.247 e. The van der Waals surface area contributed by atoms with Crippen molar-refractivity contribution < 1.29 is 13.2 Å². The van der Waals surface area contributed by atoms with Crippen LogP contribution in [0.3, 0.4) is 0 Å². The Labute approximate surface area is 185 Å². The largest absolute Gasteiger partial charge is 0.489 e. The molecule has 27 heavy (non-hydrogen) atoms. The van der Waals surface area contributed by atoms with E-state index >= 15 is 0 Å². The molecule has 4 N–H and O–H groups in total. The van der Waals surface area contributed by atoms with Crippen molar-refractivity contribution in [2.24, 2.45) is 10.1 Å². The standard InChI is InChI=1S/C16H21ClN4O3S2.HI/c1-11(24-13-5-3-12(17)4-6-13)9-20-16(19-2)21-10-14-7-8-15(25-14)26(18,22)23;/h3-8,11H,9-10H2,1-2H3,(H2,18,22,23)(H2,19,20,21);1H. The van der Waals surface area contributed by atoms with Gasteiger partial charge in [0.2, 0.25) is 10.0 Å².